The van der Waals surface area contributed by atoms with E-state index < -0.39 is 0 Å². The van der Waals surface area contributed by atoms with E-state index in [0.29, 0.717) is 0 Å². The van der Waals surface area contributed by atoms with Crippen molar-refractivity contribution in [3.63, 3.8) is 0 Å². The lowest BCUT2D eigenvalue weighted by Gasteiger charge is -2.31. The van der Waals surface area contributed by atoms with Crippen molar-refractivity contribution in [2.24, 2.45) is 0 Å². The molecule has 1 aliphatic rings. The summed E-state index contributed by atoms with van der Waals surface area (Å²) in [7, 11) is 0. The van der Waals surface area contributed by atoms with Crippen molar-refractivity contribution >= 4 is 34.4 Å². The Morgan fingerprint density at radius 2 is 2.13 bits per heavy atom. The van der Waals surface area contributed by atoms with E-state index in [0.717, 1.165) is 27.5 Å². The average molecular weight is 350 g/mol. The van der Waals surface area contributed by atoms with Gasteiger partial charge in [0, 0.05) is 5.69 Å². The lowest BCUT2D eigenvalue weighted by molar-refractivity contribution is -0.953. The molecule has 1 aromatic heterocycles. The molecule has 2 aromatic rings. The number of aromatic nitrogens is 2. The van der Waals surface area contributed by atoms with Gasteiger partial charge in [0.05, 0.1) is 12.6 Å². The highest BCUT2D eigenvalue weighted by Gasteiger charge is 2.25. The van der Waals surface area contributed by atoms with E-state index >= 15 is 0 Å². The summed E-state index contributed by atoms with van der Waals surface area (Å²) in [6.07, 6.45) is 5.25. The summed E-state index contributed by atoms with van der Waals surface area (Å²) in [4.78, 5) is 1.63. The maximum atomic E-state index is 5.52. The Morgan fingerprint density at radius 3 is 2.87 bits per heavy atom. The van der Waals surface area contributed by atoms with Gasteiger partial charge in [0.25, 0.3) is 0 Å². The number of piperidine rings is 1. The van der Waals surface area contributed by atoms with Gasteiger partial charge in [0.15, 0.2) is 10.6 Å². The first-order chi connectivity index (χ1) is 11.2. The van der Waals surface area contributed by atoms with Crippen LogP contribution in [0.4, 0.5) is 10.8 Å². The van der Waals surface area contributed by atoms with Crippen molar-refractivity contribution in [2.75, 3.05) is 11.9 Å². The van der Waals surface area contributed by atoms with Gasteiger partial charge in [-0.3, -0.25) is 0 Å². The molecule has 1 aromatic carbocycles. The van der Waals surface area contributed by atoms with Gasteiger partial charge in [-0.05, 0) is 57.0 Å². The Balaban J connectivity index is 1.70. The molecule has 6 heteroatoms. The van der Waals surface area contributed by atoms with Gasteiger partial charge in [0.1, 0.15) is 0 Å². The third kappa shape index (κ3) is 4.19. The number of rotatable bonds is 5. The number of nitrogens with zero attached hydrogens (tertiary/aromatic N) is 2. The Labute approximate surface area is 147 Å². The molecular weight excluding hydrogens is 324 g/mol. The molecule has 0 radical (unpaired) electrons. The maximum absolute atomic E-state index is 5.52. The standard InChI is InChI=1S/C17H24N4S2/c1-3-15-6-4-5-11-20(15)12-21-17(22)23-16(19-21)18-14-9-7-13(2)8-10-14/h7-10,15H,3-6,11-12H2,1-2H3,(H,18,19)/p+1/t15-/m0/s1. The van der Waals surface area contributed by atoms with Crippen LogP contribution in [0.5, 0.6) is 0 Å². The summed E-state index contributed by atoms with van der Waals surface area (Å²) in [5.74, 6) is 0. The minimum absolute atomic E-state index is 0.751. The van der Waals surface area contributed by atoms with Crippen LogP contribution in [0.2, 0.25) is 0 Å². The van der Waals surface area contributed by atoms with Crippen LogP contribution in [-0.2, 0) is 6.67 Å². The topological polar surface area (TPSA) is 34.3 Å². The van der Waals surface area contributed by atoms with E-state index in [-0.39, 0.29) is 0 Å². The molecule has 0 bridgehead atoms. The molecule has 1 saturated heterocycles. The Hall–Kier alpha value is -1.24. The molecule has 1 unspecified atom stereocenters. The van der Waals surface area contributed by atoms with Crippen molar-refractivity contribution in [3.8, 4) is 0 Å². The molecule has 4 nitrogen and oxygen atoms in total. The van der Waals surface area contributed by atoms with Gasteiger partial charge in [-0.15, -0.1) is 5.10 Å². The molecule has 1 aliphatic heterocycles. The molecule has 0 saturated carbocycles. The van der Waals surface area contributed by atoms with Crippen LogP contribution >= 0.6 is 23.6 Å². The van der Waals surface area contributed by atoms with Crippen molar-refractivity contribution in [1.29, 1.82) is 0 Å². The first-order valence-corrected chi connectivity index (χ1v) is 9.64. The van der Waals surface area contributed by atoms with Gasteiger partial charge in [-0.1, -0.05) is 36.0 Å². The predicted molar refractivity (Wildman–Crippen MR) is 99.2 cm³/mol. The lowest BCUT2D eigenvalue weighted by atomic mass is 10.0. The molecule has 2 N–H and O–H groups in total. The SMILES string of the molecule is CC[C@H]1CCCC[NH+]1Cn1nc(Nc2ccc(C)cc2)sc1=S. The van der Waals surface area contributed by atoms with E-state index in [1.165, 1.54) is 37.8 Å². The van der Waals surface area contributed by atoms with E-state index in [4.69, 9.17) is 12.2 Å². The molecule has 2 heterocycles. The summed E-state index contributed by atoms with van der Waals surface area (Å²) >= 11 is 7.07. The van der Waals surface area contributed by atoms with Crippen LogP contribution in [-0.4, -0.2) is 22.4 Å². The van der Waals surface area contributed by atoms with Crippen molar-refractivity contribution in [3.05, 3.63) is 33.8 Å². The van der Waals surface area contributed by atoms with E-state index in [1.807, 2.05) is 4.68 Å². The second-order valence-corrected chi connectivity index (χ2v) is 7.95. The number of quaternary nitrogens is 1. The molecule has 2 atom stereocenters. The minimum Gasteiger partial charge on any atom is -0.330 e. The molecule has 0 amide bonds. The van der Waals surface area contributed by atoms with Gasteiger partial charge in [0.2, 0.25) is 5.13 Å². The monoisotopic (exact) mass is 349 g/mol. The normalized spacial score (nSPS) is 21.3. The second-order valence-electron chi connectivity index (χ2n) is 6.33. The van der Waals surface area contributed by atoms with Gasteiger partial charge >= 0.3 is 0 Å². The summed E-state index contributed by atoms with van der Waals surface area (Å²) in [6.45, 7) is 6.51. The van der Waals surface area contributed by atoms with Crippen LogP contribution in [0.25, 0.3) is 0 Å². The zero-order valence-corrected chi connectivity index (χ0v) is 15.5. The van der Waals surface area contributed by atoms with Gasteiger partial charge < -0.3 is 10.2 Å². The lowest BCUT2D eigenvalue weighted by Crippen LogP contribution is -3.15. The third-order valence-corrected chi connectivity index (χ3v) is 5.86. The number of anilines is 2. The Morgan fingerprint density at radius 1 is 1.35 bits per heavy atom. The fourth-order valence-electron chi connectivity index (χ4n) is 3.26. The molecule has 124 valence electrons. The van der Waals surface area contributed by atoms with Crippen molar-refractivity contribution < 1.29 is 4.90 Å². The average Bonchev–Trinajstić information content (AvgIpc) is 2.90. The Bertz CT molecular complexity index is 689. The van der Waals surface area contributed by atoms with Crippen LogP contribution in [0.1, 0.15) is 38.2 Å². The summed E-state index contributed by atoms with van der Waals surface area (Å²) < 4.78 is 2.85. The molecule has 0 spiro atoms. The fraction of sp³-hybridized carbons (Fsp3) is 0.529. The van der Waals surface area contributed by atoms with Gasteiger partial charge in [-0.25, -0.2) is 0 Å². The highest BCUT2D eigenvalue weighted by atomic mass is 32.1. The maximum Gasteiger partial charge on any atom is 0.209 e. The quantitative estimate of drug-likeness (QED) is 0.811. The second kappa shape index (κ2) is 7.55. The van der Waals surface area contributed by atoms with Crippen molar-refractivity contribution in [1.82, 2.24) is 9.78 Å². The van der Waals surface area contributed by atoms with Gasteiger partial charge in [-0.2, -0.15) is 4.68 Å². The van der Waals surface area contributed by atoms with E-state index in [2.05, 4.69) is 48.5 Å². The zero-order chi connectivity index (χ0) is 16.2. The highest BCUT2D eigenvalue weighted by Crippen LogP contribution is 2.20. The number of hydrogen-bond donors (Lipinski definition) is 2. The number of nitrogens with one attached hydrogen (secondary N) is 2. The van der Waals surface area contributed by atoms with E-state index in [1.54, 1.807) is 16.2 Å². The summed E-state index contributed by atoms with van der Waals surface area (Å²) in [5.41, 5.74) is 2.32. The van der Waals surface area contributed by atoms with Crippen molar-refractivity contribution in [2.45, 2.75) is 52.2 Å². The summed E-state index contributed by atoms with van der Waals surface area (Å²) in [6, 6.07) is 9.10. The fourth-order valence-corrected chi connectivity index (χ4v) is 4.29. The predicted octanol–water partition coefficient (Wildman–Crippen LogP) is 3.53. The molecule has 3 rings (SSSR count). The highest BCUT2D eigenvalue weighted by molar-refractivity contribution is 7.73. The Kier molecular flexibility index (Phi) is 5.46. The number of benzene rings is 1. The smallest absolute Gasteiger partial charge is 0.209 e. The van der Waals surface area contributed by atoms with Crippen LogP contribution in [0.15, 0.2) is 24.3 Å². The first kappa shape index (κ1) is 16.6. The number of likely N-dealkylation sites (tertiary alicyclic amines) is 1. The third-order valence-electron chi connectivity index (χ3n) is 4.63. The number of hydrogen-bond acceptors (Lipinski definition) is 4. The zero-order valence-electron chi connectivity index (χ0n) is 13.8. The molecule has 1 fully saturated rings. The van der Waals surface area contributed by atoms with Crippen LogP contribution < -0.4 is 10.2 Å². The molecule has 0 aliphatic carbocycles. The minimum atomic E-state index is 0.751. The number of aryl methyl sites for hydroxylation is 1. The van der Waals surface area contributed by atoms with E-state index in [9.17, 15) is 0 Å². The van der Waals surface area contributed by atoms with Crippen LogP contribution in [0.3, 0.4) is 0 Å². The largest absolute Gasteiger partial charge is 0.330 e. The first-order valence-electron chi connectivity index (χ1n) is 8.42. The molecule has 23 heavy (non-hydrogen) atoms. The molecular formula is C17H25N4S2+. The summed E-state index contributed by atoms with van der Waals surface area (Å²) in [5, 5.41) is 8.93. The van der Waals surface area contributed by atoms with Crippen LogP contribution in [0, 0.1) is 10.9 Å².